The smallest absolute Gasteiger partial charge is 0.133 e. The van der Waals surface area contributed by atoms with Crippen LogP contribution in [0.25, 0.3) is 0 Å². The minimum Gasteiger partial charge on any atom is -0.496 e. The molecule has 106 valence electrons. The van der Waals surface area contributed by atoms with Gasteiger partial charge >= 0.3 is 0 Å². The van der Waals surface area contributed by atoms with E-state index in [1.54, 1.807) is 7.11 Å². The maximum Gasteiger partial charge on any atom is 0.133 e. The molecule has 0 aromatic heterocycles. The van der Waals surface area contributed by atoms with E-state index in [0.717, 1.165) is 42.8 Å². The topological polar surface area (TPSA) is 30.5 Å². The fraction of sp³-hybridized carbons (Fsp3) is 0.600. The van der Waals surface area contributed by atoms with Crippen molar-refractivity contribution >= 4 is 15.9 Å². The lowest BCUT2D eigenvalue weighted by atomic mass is 9.93. The summed E-state index contributed by atoms with van der Waals surface area (Å²) >= 11 is 3.55. The maximum atomic E-state index is 5.51. The molecule has 1 aliphatic rings. The van der Waals surface area contributed by atoms with Crippen molar-refractivity contribution in [1.82, 2.24) is 5.32 Å². The van der Waals surface area contributed by atoms with Crippen molar-refractivity contribution < 1.29 is 9.47 Å². The van der Waals surface area contributed by atoms with Gasteiger partial charge in [0.1, 0.15) is 5.75 Å². The van der Waals surface area contributed by atoms with E-state index in [-0.39, 0.29) is 0 Å². The molecule has 1 fully saturated rings. The summed E-state index contributed by atoms with van der Waals surface area (Å²) in [5, 5.41) is 3.59. The van der Waals surface area contributed by atoms with Crippen molar-refractivity contribution in [3.8, 4) is 5.75 Å². The summed E-state index contributed by atoms with van der Waals surface area (Å²) in [5.74, 6) is 1.51. The van der Waals surface area contributed by atoms with Gasteiger partial charge in [0.25, 0.3) is 0 Å². The van der Waals surface area contributed by atoms with Gasteiger partial charge in [0.05, 0.1) is 18.2 Å². The third-order valence-corrected chi connectivity index (χ3v) is 4.29. The van der Waals surface area contributed by atoms with Crippen LogP contribution in [0.3, 0.4) is 0 Å². The van der Waals surface area contributed by atoms with Crippen LogP contribution in [0.1, 0.15) is 18.9 Å². The molecule has 2 unspecified atom stereocenters. The van der Waals surface area contributed by atoms with E-state index in [4.69, 9.17) is 9.47 Å². The first-order chi connectivity index (χ1) is 9.24. The van der Waals surface area contributed by atoms with Crippen LogP contribution in [0.5, 0.6) is 5.75 Å². The Labute approximate surface area is 123 Å². The van der Waals surface area contributed by atoms with Crippen molar-refractivity contribution in [3.63, 3.8) is 0 Å². The summed E-state index contributed by atoms with van der Waals surface area (Å²) in [4.78, 5) is 0. The molecular weight excluding hydrogens is 306 g/mol. The molecular formula is C15H22BrNO2. The summed E-state index contributed by atoms with van der Waals surface area (Å²) in [6, 6.07) is 6.81. The second kappa shape index (κ2) is 7.27. The lowest BCUT2D eigenvalue weighted by molar-refractivity contribution is 0.176. The minimum atomic E-state index is 0.493. The Bertz CT molecular complexity index is 405. The molecule has 2 rings (SSSR count). The monoisotopic (exact) mass is 327 g/mol. The van der Waals surface area contributed by atoms with Crippen LogP contribution in [0.15, 0.2) is 22.7 Å². The van der Waals surface area contributed by atoms with Gasteiger partial charge in [-0.1, -0.05) is 13.0 Å². The molecule has 3 nitrogen and oxygen atoms in total. The molecule has 1 aliphatic heterocycles. The largest absolute Gasteiger partial charge is 0.496 e. The zero-order valence-electron chi connectivity index (χ0n) is 11.6. The van der Waals surface area contributed by atoms with Crippen LogP contribution in [-0.4, -0.2) is 32.9 Å². The number of hydrogen-bond donors (Lipinski definition) is 1. The number of methoxy groups -OCH3 is 1. The Kier molecular flexibility index (Phi) is 5.67. The van der Waals surface area contributed by atoms with Crippen LogP contribution < -0.4 is 10.1 Å². The molecule has 0 bridgehead atoms. The molecule has 1 aromatic carbocycles. The Morgan fingerprint density at radius 2 is 2.37 bits per heavy atom. The van der Waals surface area contributed by atoms with E-state index in [1.165, 1.54) is 5.56 Å². The number of hydrogen-bond acceptors (Lipinski definition) is 3. The molecule has 0 spiro atoms. The number of rotatable bonds is 6. The molecule has 0 radical (unpaired) electrons. The summed E-state index contributed by atoms with van der Waals surface area (Å²) < 4.78 is 11.8. The van der Waals surface area contributed by atoms with E-state index in [9.17, 15) is 0 Å². The van der Waals surface area contributed by atoms with Gasteiger partial charge in [-0.25, -0.2) is 0 Å². The normalized spacial score (nSPS) is 20.5. The second-order valence-electron chi connectivity index (χ2n) is 4.96. The Morgan fingerprint density at radius 3 is 2.95 bits per heavy atom. The Balaban J connectivity index is 2.05. The zero-order valence-corrected chi connectivity index (χ0v) is 13.2. The molecule has 0 amide bonds. The molecule has 19 heavy (non-hydrogen) atoms. The SMILES string of the molecule is CCNC(Cc1ccc(OC)c(Br)c1)C1CCOC1. The van der Waals surface area contributed by atoms with Gasteiger partial charge in [-0.3, -0.25) is 0 Å². The van der Waals surface area contributed by atoms with Gasteiger partial charge in [-0.2, -0.15) is 0 Å². The molecule has 1 N–H and O–H groups in total. The van der Waals surface area contributed by atoms with E-state index in [1.807, 2.05) is 6.07 Å². The number of benzene rings is 1. The standard InChI is InChI=1S/C15H22BrNO2/c1-3-17-14(12-6-7-19-10-12)9-11-4-5-15(18-2)13(16)8-11/h4-5,8,12,14,17H,3,6-7,9-10H2,1-2H3. The highest BCUT2D eigenvalue weighted by Gasteiger charge is 2.25. The Hall–Kier alpha value is -0.580. The average Bonchev–Trinajstić information content (AvgIpc) is 2.92. The Morgan fingerprint density at radius 1 is 1.53 bits per heavy atom. The maximum absolute atomic E-state index is 5.51. The molecule has 0 aliphatic carbocycles. The first kappa shape index (κ1) is 14.8. The van der Waals surface area contributed by atoms with E-state index in [2.05, 4.69) is 40.3 Å². The summed E-state index contributed by atoms with van der Waals surface area (Å²) in [6.07, 6.45) is 2.19. The van der Waals surface area contributed by atoms with E-state index >= 15 is 0 Å². The van der Waals surface area contributed by atoms with Crippen molar-refractivity contribution in [2.24, 2.45) is 5.92 Å². The lowest BCUT2D eigenvalue weighted by Crippen LogP contribution is -2.38. The summed E-state index contributed by atoms with van der Waals surface area (Å²) in [7, 11) is 1.69. The van der Waals surface area contributed by atoms with Crippen LogP contribution in [0, 0.1) is 5.92 Å². The summed E-state index contributed by atoms with van der Waals surface area (Å²) in [6.45, 7) is 4.94. The number of halogens is 1. The molecule has 1 aromatic rings. The fourth-order valence-corrected chi connectivity index (χ4v) is 3.22. The first-order valence-corrected chi connectivity index (χ1v) is 7.67. The quantitative estimate of drug-likeness (QED) is 0.871. The van der Waals surface area contributed by atoms with Gasteiger partial charge in [-0.15, -0.1) is 0 Å². The molecule has 1 saturated heterocycles. The van der Waals surface area contributed by atoms with Crippen molar-refractivity contribution in [3.05, 3.63) is 28.2 Å². The van der Waals surface area contributed by atoms with Crippen LogP contribution in [0.4, 0.5) is 0 Å². The van der Waals surface area contributed by atoms with E-state index < -0.39 is 0 Å². The van der Waals surface area contributed by atoms with Crippen LogP contribution in [0.2, 0.25) is 0 Å². The number of ether oxygens (including phenoxy) is 2. The third kappa shape index (κ3) is 3.94. The van der Waals surface area contributed by atoms with Crippen molar-refractivity contribution in [2.45, 2.75) is 25.8 Å². The molecule has 0 saturated carbocycles. The molecule has 2 atom stereocenters. The average molecular weight is 328 g/mol. The molecule has 4 heteroatoms. The van der Waals surface area contributed by atoms with Gasteiger partial charge in [0, 0.05) is 18.6 Å². The number of nitrogens with one attached hydrogen (secondary N) is 1. The van der Waals surface area contributed by atoms with E-state index in [0.29, 0.717) is 12.0 Å². The highest BCUT2D eigenvalue weighted by Crippen LogP contribution is 2.27. The minimum absolute atomic E-state index is 0.493. The van der Waals surface area contributed by atoms with Crippen LogP contribution >= 0.6 is 15.9 Å². The fourth-order valence-electron chi connectivity index (χ4n) is 2.63. The van der Waals surface area contributed by atoms with Gasteiger partial charge in [0.2, 0.25) is 0 Å². The van der Waals surface area contributed by atoms with Crippen molar-refractivity contribution in [2.75, 3.05) is 26.9 Å². The predicted molar refractivity (Wildman–Crippen MR) is 80.8 cm³/mol. The highest BCUT2D eigenvalue weighted by molar-refractivity contribution is 9.10. The highest BCUT2D eigenvalue weighted by atomic mass is 79.9. The number of likely N-dealkylation sites (N-methyl/N-ethyl adjacent to an activating group) is 1. The summed E-state index contributed by atoms with van der Waals surface area (Å²) in [5.41, 5.74) is 1.32. The van der Waals surface area contributed by atoms with Gasteiger partial charge < -0.3 is 14.8 Å². The van der Waals surface area contributed by atoms with Gasteiger partial charge in [0.15, 0.2) is 0 Å². The van der Waals surface area contributed by atoms with Crippen LogP contribution in [-0.2, 0) is 11.2 Å². The zero-order chi connectivity index (χ0) is 13.7. The first-order valence-electron chi connectivity index (χ1n) is 6.88. The third-order valence-electron chi connectivity index (χ3n) is 3.67. The predicted octanol–water partition coefficient (Wildman–Crippen LogP) is 3.01. The van der Waals surface area contributed by atoms with Gasteiger partial charge in [-0.05, 0) is 53.0 Å². The second-order valence-corrected chi connectivity index (χ2v) is 5.82. The molecule has 1 heterocycles. The van der Waals surface area contributed by atoms with Crippen molar-refractivity contribution in [1.29, 1.82) is 0 Å². The lowest BCUT2D eigenvalue weighted by Gasteiger charge is -2.23.